The van der Waals surface area contributed by atoms with E-state index < -0.39 is 0 Å². The Labute approximate surface area is 185 Å². The molecule has 4 fully saturated rings. The van der Waals surface area contributed by atoms with E-state index in [4.69, 9.17) is 9.15 Å². The van der Waals surface area contributed by atoms with E-state index in [-0.39, 0.29) is 22.4 Å². The smallest absolute Gasteiger partial charge is 0.306 e. The second-order valence-electron chi connectivity index (χ2n) is 11.2. The van der Waals surface area contributed by atoms with Crippen LogP contribution in [0.2, 0.25) is 0 Å². The Balaban J connectivity index is 0.000000296. The molecule has 6 rings (SSSR count). The van der Waals surface area contributed by atoms with E-state index in [1.165, 1.54) is 31.3 Å². The predicted octanol–water partition coefficient (Wildman–Crippen LogP) is 6.18. The summed E-state index contributed by atoms with van der Waals surface area (Å²) in [6.45, 7) is 6.78. The molecule has 0 aromatic carbocycles. The number of allylic oxidation sites excluding steroid dienone is 1. The van der Waals surface area contributed by atoms with Crippen LogP contribution in [0.25, 0.3) is 0 Å². The highest BCUT2D eigenvalue weighted by Crippen LogP contribution is 2.69. The van der Waals surface area contributed by atoms with Crippen LogP contribution in [-0.2, 0) is 14.3 Å². The fraction of sp³-hybridized carbons (Fsp3) is 0.704. The fourth-order valence-corrected chi connectivity index (χ4v) is 8.21. The largest absolute Gasteiger partial charge is 0.470 e. The molecule has 6 unspecified atom stereocenters. The highest BCUT2D eigenvalue weighted by atomic mass is 16.6. The number of carbonyl (C=O) groups is 2. The van der Waals surface area contributed by atoms with Crippen LogP contribution < -0.4 is 0 Å². The number of hydrogen-bond donors (Lipinski definition) is 0. The van der Waals surface area contributed by atoms with Gasteiger partial charge in [0.05, 0.1) is 6.26 Å². The molecule has 0 radical (unpaired) electrons. The molecule has 4 heteroatoms. The molecular weight excluding hydrogens is 388 g/mol. The van der Waals surface area contributed by atoms with Gasteiger partial charge in [-0.15, -0.1) is 0 Å². The minimum atomic E-state index is -0.167. The molecular formula is C27H36O4. The molecule has 2 heterocycles. The predicted molar refractivity (Wildman–Crippen MR) is 118 cm³/mol. The van der Waals surface area contributed by atoms with Crippen molar-refractivity contribution >= 4 is 11.8 Å². The van der Waals surface area contributed by atoms with Crippen molar-refractivity contribution in [3.05, 3.63) is 35.8 Å². The van der Waals surface area contributed by atoms with Gasteiger partial charge in [0.2, 0.25) is 0 Å². The summed E-state index contributed by atoms with van der Waals surface area (Å²) in [5.74, 6) is 3.47. The van der Waals surface area contributed by atoms with Crippen LogP contribution in [0.4, 0.5) is 0 Å². The number of ether oxygens (including phenoxy) is 1. The molecule has 4 nitrogen and oxygen atoms in total. The number of esters is 1. The van der Waals surface area contributed by atoms with Gasteiger partial charge >= 0.3 is 5.97 Å². The molecule has 4 aliphatic carbocycles. The third-order valence-electron chi connectivity index (χ3n) is 9.96. The molecule has 31 heavy (non-hydrogen) atoms. The number of furan rings is 1. The van der Waals surface area contributed by atoms with E-state index in [1.54, 1.807) is 6.26 Å². The van der Waals surface area contributed by atoms with E-state index in [9.17, 15) is 9.59 Å². The first-order chi connectivity index (χ1) is 14.8. The van der Waals surface area contributed by atoms with Gasteiger partial charge in [-0.2, -0.15) is 0 Å². The number of carbonyl (C=O) groups excluding carboxylic acids is 2. The van der Waals surface area contributed by atoms with Crippen molar-refractivity contribution in [1.82, 2.24) is 0 Å². The van der Waals surface area contributed by atoms with E-state index in [2.05, 4.69) is 13.8 Å². The summed E-state index contributed by atoms with van der Waals surface area (Å²) in [6, 6.07) is 3.79. The fourth-order valence-electron chi connectivity index (χ4n) is 8.21. The molecule has 3 saturated carbocycles. The number of hydrogen-bond acceptors (Lipinski definition) is 4. The van der Waals surface area contributed by atoms with Crippen LogP contribution in [0.15, 0.2) is 34.5 Å². The first-order valence-electron chi connectivity index (χ1n) is 12.2. The highest BCUT2D eigenvalue weighted by Gasteiger charge is 2.66. The number of fused-ring (bicyclic) bond motifs is 6. The zero-order valence-electron chi connectivity index (χ0n) is 19.2. The van der Waals surface area contributed by atoms with Crippen LogP contribution in [0.1, 0.15) is 83.8 Å². The zero-order chi connectivity index (χ0) is 21.9. The van der Waals surface area contributed by atoms with Gasteiger partial charge in [0.25, 0.3) is 0 Å². The van der Waals surface area contributed by atoms with Gasteiger partial charge < -0.3 is 9.15 Å². The Kier molecular flexibility index (Phi) is 4.99. The van der Waals surface area contributed by atoms with Crippen LogP contribution in [0.5, 0.6) is 0 Å². The van der Waals surface area contributed by atoms with Gasteiger partial charge in [-0.3, -0.25) is 9.59 Å². The summed E-state index contributed by atoms with van der Waals surface area (Å²) >= 11 is 0. The Morgan fingerprint density at radius 2 is 1.74 bits per heavy atom. The lowest BCUT2D eigenvalue weighted by atomic mass is 9.46. The monoisotopic (exact) mass is 424 g/mol. The van der Waals surface area contributed by atoms with Crippen LogP contribution in [-0.4, -0.2) is 17.4 Å². The van der Waals surface area contributed by atoms with E-state index in [0.717, 1.165) is 43.8 Å². The minimum absolute atomic E-state index is 0.0237. The second kappa shape index (κ2) is 7.35. The SMILES string of the molecule is CC12CCC(=O)C=C1CCC1C2CCC2(C)C1CCC21CCC(=O)O1.Cc1ccco1. The maximum atomic E-state index is 11.9. The average Bonchev–Trinajstić information content (AvgIpc) is 3.44. The summed E-state index contributed by atoms with van der Waals surface area (Å²) in [5, 5.41) is 0. The third-order valence-corrected chi connectivity index (χ3v) is 9.96. The zero-order valence-corrected chi connectivity index (χ0v) is 19.2. The Hall–Kier alpha value is -1.84. The van der Waals surface area contributed by atoms with Gasteiger partial charge in [-0.1, -0.05) is 19.4 Å². The van der Waals surface area contributed by atoms with E-state index in [0.29, 0.717) is 24.0 Å². The molecule has 1 aliphatic heterocycles. The van der Waals surface area contributed by atoms with Crippen molar-refractivity contribution in [2.75, 3.05) is 0 Å². The molecule has 0 amide bonds. The van der Waals surface area contributed by atoms with Crippen LogP contribution in [0.3, 0.4) is 0 Å². The Bertz CT molecular complexity index is 898. The first kappa shape index (κ1) is 21.0. The van der Waals surface area contributed by atoms with Crippen LogP contribution in [0, 0.1) is 35.5 Å². The van der Waals surface area contributed by atoms with E-state index in [1.807, 2.05) is 25.1 Å². The van der Waals surface area contributed by atoms with Crippen LogP contribution >= 0.6 is 0 Å². The maximum absolute atomic E-state index is 11.9. The molecule has 168 valence electrons. The lowest BCUT2D eigenvalue weighted by molar-refractivity contribution is -0.168. The van der Waals surface area contributed by atoms with Gasteiger partial charge in [0.15, 0.2) is 5.78 Å². The number of ketones is 1. The van der Waals surface area contributed by atoms with Crippen molar-refractivity contribution < 1.29 is 18.7 Å². The van der Waals surface area contributed by atoms with Gasteiger partial charge in [0.1, 0.15) is 11.4 Å². The van der Waals surface area contributed by atoms with Crippen molar-refractivity contribution in [1.29, 1.82) is 0 Å². The topological polar surface area (TPSA) is 56.5 Å². The maximum Gasteiger partial charge on any atom is 0.306 e. The lowest BCUT2D eigenvalue weighted by Crippen LogP contribution is -2.54. The Morgan fingerprint density at radius 1 is 0.935 bits per heavy atom. The summed E-state index contributed by atoms with van der Waals surface area (Å²) in [5.41, 5.74) is 1.68. The van der Waals surface area contributed by atoms with Crippen molar-refractivity contribution in [3.8, 4) is 0 Å². The standard InChI is InChI=1S/C22H30O3.C5H6O/c1-20-9-5-15(23)13-14(20)3-4-16-17(20)6-10-21(2)18(16)7-11-22(21)12-8-19(24)25-22;1-5-3-2-4-6-5/h13,16-18H,3-12H2,1-2H3;2-4H,1H3. The second-order valence-corrected chi connectivity index (χ2v) is 11.2. The van der Waals surface area contributed by atoms with Crippen molar-refractivity contribution in [3.63, 3.8) is 0 Å². The highest BCUT2D eigenvalue weighted by molar-refractivity contribution is 5.91. The minimum Gasteiger partial charge on any atom is -0.470 e. The van der Waals surface area contributed by atoms with Crippen molar-refractivity contribution in [2.45, 2.75) is 90.6 Å². The number of aryl methyl sites for hydroxylation is 1. The quantitative estimate of drug-likeness (QED) is 0.467. The summed E-state index contributed by atoms with van der Waals surface area (Å²) in [4.78, 5) is 23.8. The number of rotatable bonds is 0. The summed E-state index contributed by atoms with van der Waals surface area (Å²) in [6.07, 6.45) is 14.0. The van der Waals surface area contributed by atoms with Gasteiger partial charge in [0, 0.05) is 18.3 Å². The molecule has 1 aromatic heterocycles. The summed E-state index contributed by atoms with van der Waals surface area (Å²) < 4.78 is 10.8. The van der Waals surface area contributed by atoms with Crippen molar-refractivity contribution in [2.24, 2.45) is 28.6 Å². The molecule has 1 aromatic rings. The molecule has 1 saturated heterocycles. The molecule has 0 N–H and O–H groups in total. The van der Waals surface area contributed by atoms with Gasteiger partial charge in [-0.25, -0.2) is 0 Å². The molecule has 5 aliphatic rings. The third kappa shape index (κ3) is 3.15. The van der Waals surface area contributed by atoms with Gasteiger partial charge in [-0.05, 0) is 99.7 Å². The lowest BCUT2D eigenvalue weighted by Gasteiger charge is -2.59. The molecule has 1 spiro atoms. The first-order valence-corrected chi connectivity index (χ1v) is 12.2. The summed E-state index contributed by atoms with van der Waals surface area (Å²) in [7, 11) is 0. The molecule has 0 bridgehead atoms. The Morgan fingerprint density at radius 3 is 2.39 bits per heavy atom. The normalized spacial score (nSPS) is 43.3. The molecule has 6 atom stereocenters. The van der Waals surface area contributed by atoms with E-state index >= 15 is 0 Å². The average molecular weight is 425 g/mol.